The summed E-state index contributed by atoms with van der Waals surface area (Å²) in [7, 11) is 0. The van der Waals surface area contributed by atoms with Crippen LogP contribution < -0.4 is 9.80 Å². The van der Waals surface area contributed by atoms with Crippen molar-refractivity contribution in [2.24, 2.45) is 11.3 Å². The molecule has 0 saturated carbocycles. The molecule has 1 aromatic heterocycles. The van der Waals surface area contributed by atoms with Gasteiger partial charge in [-0.2, -0.15) is 4.98 Å². The molecule has 1 spiro atoms. The molecule has 2 aromatic rings. The number of hydrogen-bond donors (Lipinski definition) is 0. The Morgan fingerprint density at radius 2 is 1.89 bits per heavy atom. The van der Waals surface area contributed by atoms with E-state index < -0.39 is 0 Å². The fourth-order valence-corrected chi connectivity index (χ4v) is 5.94. The van der Waals surface area contributed by atoms with Crippen molar-refractivity contribution in [3.8, 4) is 0 Å². The number of likely N-dealkylation sites (tertiary alicyclic amines) is 1. The molecule has 9 nitrogen and oxygen atoms in total. The molecule has 1 unspecified atom stereocenters. The molecule has 0 aliphatic carbocycles. The summed E-state index contributed by atoms with van der Waals surface area (Å²) < 4.78 is 11.1. The highest BCUT2D eigenvalue weighted by atomic mass is 35.5. The number of anilines is 2. The molecule has 4 aliphatic rings. The Morgan fingerprint density at radius 1 is 1.11 bits per heavy atom. The number of hydrogen-bond acceptors (Lipinski definition) is 7. The average Bonchev–Trinajstić information content (AvgIpc) is 3.50. The van der Waals surface area contributed by atoms with Crippen LogP contribution in [0.1, 0.15) is 43.9 Å². The Morgan fingerprint density at radius 3 is 2.57 bits per heavy atom. The number of ether oxygens (including phenoxy) is 1. The third kappa shape index (κ3) is 4.40. The maximum absolute atomic E-state index is 13.2. The minimum atomic E-state index is -0.323. The van der Waals surface area contributed by atoms with E-state index in [0.29, 0.717) is 41.9 Å². The van der Waals surface area contributed by atoms with Crippen LogP contribution in [0.15, 0.2) is 28.8 Å². The monoisotopic (exact) mass is 499 g/mol. The predicted octanol–water partition coefficient (Wildman–Crippen LogP) is 3.10. The summed E-state index contributed by atoms with van der Waals surface area (Å²) in [4.78, 5) is 36.2. The van der Waals surface area contributed by atoms with Gasteiger partial charge in [-0.3, -0.25) is 9.59 Å². The number of aromatic nitrogens is 2. The van der Waals surface area contributed by atoms with Crippen molar-refractivity contribution in [3.05, 3.63) is 35.2 Å². The number of carbonyl (C=O) groups is 2. The fourth-order valence-electron chi connectivity index (χ4n) is 5.75. The van der Waals surface area contributed by atoms with Crippen molar-refractivity contribution in [2.45, 2.75) is 38.0 Å². The topological polar surface area (TPSA) is 92.0 Å². The summed E-state index contributed by atoms with van der Waals surface area (Å²) in [5.41, 5.74) is 1.12. The fraction of sp³-hybridized carbons (Fsp3) is 0.600. The highest BCUT2D eigenvalue weighted by Gasteiger charge is 2.42. The van der Waals surface area contributed by atoms with Crippen LogP contribution in [0.5, 0.6) is 0 Å². The summed E-state index contributed by atoms with van der Waals surface area (Å²) in [5, 5.41) is 4.83. The van der Waals surface area contributed by atoms with Gasteiger partial charge in [0.2, 0.25) is 17.7 Å². The van der Waals surface area contributed by atoms with Crippen LogP contribution in [0.2, 0.25) is 5.02 Å². The number of amides is 2. The van der Waals surface area contributed by atoms with Crippen LogP contribution in [0.25, 0.3) is 0 Å². The molecule has 5 heterocycles. The number of benzene rings is 1. The van der Waals surface area contributed by atoms with Crippen molar-refractivity contribution < 1.29 is 18.8 Å². The van der Waals surface area contributed by atoms with Gasteiger partial charge in [0.1, 0.15) is 0 Å². The van der Waals surface area contributed by atoms with Gasteiger partial charge in [0.15, 0.2) is 0 Å². The van der Waals surface area contributed by atoms with Crippen LogP contribution in [0.4, 0.5) is 11.6 Å². The number of rotatable bonds is 4. The van der Waals surface area contributed by atoms with Gasteiger partial charge >= 0.3 is 0 Å². The van der Waals surface area contributed by atoms with E-state index >= 15 is 0 Å². The smallest absolute Gasteiger partial charge is 0.266 e. The normalized spacial score (nSPS) is 24.8. The minimum Gasteiger partial charge on any atom is -0.380 e. The standard InChI is InChI=1S/C25H30ClN5O4/c26-19-2-1-3-20(13-19)31-14-18(12-21(31)32)23(33)29-8-4-17(5-9-29)22-27-24(28-35-22)30-10-6-25(7-11-30)15-34-16-25/h1-3,13,17-18H,4-12,14-16H2. The van der Waals surface area contributed by atoms with Gasteiger partial charge in [-0.15, -0.1) is 0 Å². The molecule has 4 aliphatic heterocycles. The summed E-state index contributed by atoms with van der Waals surface area (Å²) in [5.74, 6) is 1.20. The number of carbonyl (C=O) groups excluding carboxylic acids is 2. The molecule has 1 atom stereocenters. The van der Waals surface area contributed by atoms with E-state index in [9.17, 15) is 9.59 Å². The number of nitrogens with zero attached hydrogens (tertiary/aromatic N) is 5. The third-order valence-corrected chi connectivity index (χ3v) is 8.34. The van der Waals surface area contributed by atoms with E-state index in [2.05, 4.69) is 10.1 Å². The van der Waals surface area contributed by atoms with Crippen molar-refractivity contribution in [1.82, 2.24) is 15.0 Å². The van der Waals surface area contributed by atoms with Crippen LogP contribution in [-0.2, 0) is 14.3 Å². The molecule has 1 aromatic carbocycles. The Balaban J connectivity index is 1.02. The molecule has 4 saturated heterocycles. The molecule has 0 N–H and O–H groups in total. The second kappa shape index (κ2) is 9.09. The first-order chi connectivity index (χ1) is 17.0. The second-order valence-electron chi connectivity index (χ2n) is 10.4. The van der Waals surface area contributed by atoms with Crippen LogP contribution in [0.3, 0.4) is 0 Å². The third-order valence-electron chi connectivity index (χ3n) is 8.10. The van der Waals surface area contributed by atoms with Crippen molar-refractivity contribution in [1.29, 1.82) is 0 Å². The molecule has 35 heavy (non-hydrogen) atoms. The highest BCUT2D eigenvalue weighted by Crippen LogP contribution is 2.39. The van der Waals surface area contributed by atoms with Gasteiger partial charge in [-0.25, -0.2) is 0 Å². The molecule has 2 amide bonds. The molecule has 186 valence electrons. The quantitative estimate of drug-likeness (QED) is 0.638. The van der Waals surface area contributed by atoms with Crippen LogP contribution in [0, 0.1) is 11.3 Å². The molecule has 4 fully saturated rings. The van der Waals surface area contributed by atoms with Gasteiger partial charge in [0.05, 0.1) is 19.1 Å². The van der Waals surface area contributed by atoms with Gasteiger partial charge in [0.25, 0.3) is 5.95 Å². The predicted molar refractivity (Wildman–Crippen MR) is 129 cm³/mol. The maximum atomic E-state index is 13.2. The maximum Gasteiger partial charge on any atom is 0.266 e. The Bertz CT molecular complexity index is 1100. The van der Waals surface area contributed by atoms with Gasteiger partial charge < -0.3 is 24.0 Å². The van der Waals surface area contributed by atoms with Crippen molar-refractivity contribution >= 4 is 35.1 Å². The number of piperidine rings is 2. The molecule has 0 bridgehead atoms. The summed E-state index contributed by atoms with van der Waals surface area (Å²) >= 11 is 6.08. The largest absolute Gasteiger partial charge is 0.380 e. The van der Waals surface area contributed by atoms with Gasteiger partial charge in [-0.05, 0) is 49.0 Å². The second-order valence-corrected chi connectivity index (χ2v) is 10.8. The van der Waals surface area contributed by atoms with Gasteiger partial charge in [-0.1, -0.05) is 17.7 Å². The van der Waals surface area contributed by atoms with Crippen LogP contribution in [-0.4, -0.2) is 72.8 Å². The lowest BCUT2D eigenvalue weighted by Gasteiger charge is -2.46. The summed E-state index contributed by atoms with van der Waals surface area (Å²) in [6.45, 7) is 5.29. The lowest BCUT2D eigenvalue weighted by Crippen LogP contribution is -2.51. The first kappa shape index (κ1) is 22.8. The first-order valence-corrected chi connectivity index (χ1v) is 12.9. The molecule has 10 heteroatoms. The number of halogens is 1. The average molecular weight is 500 g/mol. The first-order valence-electron chi connectivity index (χ1n) is 12.5. The zero-order chi connectivity index (χ0) is 24.0. The lowest BCUT2D eigenvalue weighted by atomic mass is 9.77. The van der Waals surface area contributed by atoms with E-state index in [0.717, 1.165) is 57.7 Å². The van der Waals surface area contributed by atoms with Crippen molar-refractivity contribution in [2.75, 3.05) is 55.7 Å². The summed E-state index contributed by atoms with van der Waals surface area (Å²) in [6, 6.07) is 7.21. The SMILES string of the molecule is O=C(C1CC(=O)N(c2cccc(Cl)c2)C1)N1CCC(c2nc(N3CCC4(CC3)COC4)no2)CC1. The minimum absolute atomic E-state index is 0.0349. The van der Waals surface area contributed by atoms with Gasteiger partial charge in [0, 0.05) is 61.2 Å². The zero-order valence-corrected chi connectivity index (χ0v) is 20.5. The lowest BCUT2D eigenvalue weighted by molar-refractivity contribution is -0.136. The highest BCUT2D eigenvalue weighted by molar-refractivity contribution is 6.31. The van der Waals surface area contributed by atoms with E-state index in [1.54, 1.807) is 17.0 Å². The molecule has 6 rings (SSSR count). The molecular formula is C25H30ClN5O4. The van der Waals surface area contributed by atoms with E-state index in [-0.39, 0.29) is 30.1 Å². The Hall–Kier alpha value is -2.65. The van der Waals surface area contributed by atoms with Crippen LogP contribution >= 0.6 is 11.6 Å². The Labute approximate surface area is 209 Å². The van der Waals surface area contributed by atoms with Crippen molar-refractivity contribution in [3.63, 3.8) is 0 Å². The van der Waals surface area contributed by atoms with E-state index in [4.69, 9.17) is 25.8 Å². The van der Waals surface area contributed by atoms with E-state index in [1.807, 2.05) is 17.0 Å². The molecular weight excluding hydrogens is 470 g/mol. The Kier molecular flexibility index (Phi) is 5.92. The zero-order valence-electron chi connectivity index (χ0n) is 19.7. The van der Waals surface area contributed by atoms with E-state index in [1.165, 1.54) is 0 Å². The summed E-state index contributed by atoms with van der Waals surface area (Å²) in [6.07, 6.45) is 4.02. The molecule has 0 radical (unpaired) electrons.